The van der Waals surface area contributed by atoms with Gasteiger partial charge >= 0.3 is 19.8 Å². The van der Waals surface area contributed by atoms with Gasteiger partial charge in [0.25, 0.3) is 0 Å². The van der Waals surface area contributed by atoms with Crippen LogP contribution in [-0.4, -0.2) is 65.7 Å². The lowest BCUT2D eigenvalue weighted by molar-refractivity contribution is -0.161. The van der Waals surface area contributed by atoms with E-state index in [0.717, 1.165) is 57.8 Å². The highest BCUT2D eigenvalue weighted by Crippen LogP contribution is 2.43. The maximum atomic E-state index is 12.5. The van der Waals surface area contributed by atoms with Crippen molar-refractivity contribution in [1.29, 1.82) is 0 Å². The van der Waals surface area contributed by atoms with E-state index in [0.29, 0.717) is 12.8 Å². The number of esters is 2. The van der Waals surface area contributed by atoms with Crippen LogP contribution in [-0.2, 0) is 32.7 Å². The lowest BCUT2D eigenvalue weighted by Crippen LogP contribution is -2.29. The van der Waals surface area contributed by atoms with E-state index in [1.807, 2.05) is 0 Å². The fourth-order valence-corrected chi connectivity index (χ4v) is 5.69. The number of aliphatic hydroxyl groups is 2. The molecule has 0 aliphatic carbocycles. The van der Waals surface area contributed by atoms with E-state index in [2.05, 4.69) is 42.7 Å². The molecular weight excluding hydrogens is 635 g/mol. The van der Waals surface area contributed by atoms with E-state index >= 15 is 0 Å². The number of phosphoric ester groups is 1. The number of aliphatic hydroxyl groups excluding tert-OH is 2. The first kappa shape index (κ1) is 46.5. The summed E-state index contributed by atoms with van der Waals surface area (Å²) in [6.45, 7) is 2.30. The van der Waals surface area contributed by atoms with E-state index in [4.69, 9.17) is 19.1 Å². The molecule has 1 unspecified atom stereocenters. The van der Waals surface area contributed by atoms with Gasteiger partial charge in [0, 0.05) is 12.8 Å². The van der Waals surface area contributed by atoms with Crippen molar-refractivity contribution in [3.05, 3.63) is 24.3 Å². The van der Waals surface area contributed by atoms with E-state index in [1.54, 1.807) is 0 Å². The van der Waals surface area contributed by atoms with Gasteiger partial charge in [-0.1, -0.05) is 128 Å². The largest absolute Gasteiger partial charge is 0.472 e. The normalized spacial score (nSPS) is 14.4. The van der Waals surface area contributed by atoms with Crippen LogP contribution in [0.15, 0.2) is 24.3 Å². The topological polar surface area (TPSA) is 149 Å². The van der Waals surface area contributed by atoms with Crippen molar-refractivity contribution in [3.63, 3.8) is 0 Å². The van der Waals surface area contributed by atoms with E-state index < -0.39 is 51.8 Å². The zero-order valence-corrected chi connectivity index (χ0v) is 31.1. The summed E-state index contributed by atoms with van der Waals surface area (Å²) in [5, 5.41) is 18.2. The minimum absolute atomic E-state index is 0.183. The number of carbonyl (C=O) groups is 2. The molecule has 0 heterocycles. The van der Waals surface area contributed by atoms with Gasteiger partial charge in [0.1, 0.15) is 12.7 Å². The molecule has 0 aliphatic rings. The average Bonchev–Trinajstić information content (AvgIpc) is 3.07. The number of ether oxygens (including phenoxy) is 2. The zero-order chi connectivity index (χ0) is 35.6. The van der Waals surface area contributed by atoms with E-state index in [9.17, 15) is 24.2 Å². The Labute approximate surface area is 291 Å². The molecule has 11 heteroatoms. The van der Waals surface area contributed by atoms with Gasteiger partial charge in [-0.15, -0.1) is 0 Å². The summed E-state index contributed by atoms with van der Waals surface area (Å²) < 4.78 is 32.5. The van der Waals surface area contributed by atoms with Gasteiger partial charge < -0.3 is 24.6 Å². The molecule has 3 N–H and O–H groups in total. The second-order valence-electron chi connectivity index (χ2n) is 12.6. The van der Waals surface area contributed by atoms with Crippen LogP contribution in [0.25, 0.3) is 0 Å². The second kappa shape index (κ2) is 33.9. The Balaban J connectivity index is 4.37. The SMILES string of the molecule is CCCCC/C=C\C/C=C\CCCCCCCC(=O)OC[C@H](COP(=O)(O)OC[C@@H](O)CO)OC(=O)CCCCCCCCCCCC. The minimum atomic E-state index is -4.61. The highest BCUT2D eigenvalue weighted by molar-refractivity contribution is 7.47. The van der Waals surface area contributed by atoms with Crippen molar-refractivity contribution in [2.24, 2.45) is 0 Å². The van der Waals surface area contributed by atoms with Gasteiger partial charge in [-0.25, -0.2) is 4.57 Å². The van der Waals surface area contributed by atoms with Crippen molar-refractivity contribution >= 4 is 19.8 Å². The number of rotatable bonds is 35. The fraction of sp³-hybridized carbons (Fsp3) is 0.838. The van der Waals surface area contributed by atoms with Gasteiger partial charge in [0.2, 0.25) is 0 Å². The summed E-state index contributed by atoms with van der Waals surface area (Å²) in [5.74, 6) is -0.941. The maximum absolute atomic E-state index is 12.5. The number of hydrogen-bond donors (Lipinski definition) is 3. The zero-order valence-electron chi connectivity index (χ0n) is 30.2. The van der Waals surface area contributed by atoms with Crippen molar-refractivity contribution in [1.82, 2.24) is 0 Å². The Morgan fingerprint density at radius 3 is 1.65 bits per heavy atom. The molecule has 10 nitrogen and oxygen atoms in total. The van der Waals surface area contributed by atoms with E-state index in [-0.39, 0.29) is 19.4 Å². The molecule has 0 radical (unpaired) electrons. The molecule has 0 bridgehead atoms. The maximum Gasteiger partial charge on any atom is 0.472 e. The van der Waals surface area contributed by atoms with Crippen LogP contribution in [0.2, 0.25) is 0 Å². The third-order valence-corrected chi connectivity index (χ3v) is 8.81. The third kappa shape index (κ3) is 33.0. The van der Waals surface area contributed by atoms with Gasteiger partial charge in [0.05, 0.1) is 19.8 Å². The molecule has 0 aromatic heterocycles. The average molecular weight is 705 g/mol. The number of phosphoric acid groups is 1. The lowest BCUT2D eigenvalue weighted by Gasteiger charge is -2.20. The van der Waals surface area contributed by atoms with Crippen molar-refractivity contribution in [3.8, 4) is 0 Å². The van der Waals surface area contributed by atoms with Crippen LogP contribution in [0.3, 0.4) is 0 Å². The van der Waals surface area contributed by atoms with Gasteiger partial charge in [0.15, 0.2) is 6.10 Å². The summed E-state index contributed by atoms with van der Waals surface area (Å²) in [5.41, 5.74) is 0. The molecule has 0 rings (SSSR count). The van der Waals surface area contributed by atoms with Crippen molar-refractivity contribution in [2.45, 2.75) is 174 Å². The van der Waals surface area contributed by atoms with Crippen molar-refractivity contribution < 1.29 is 47.8 Å². The summed E-state index contributed by atoms with van der Waals surface area (Å²) in [6, 6.07) is 0. The molecule has 282 valence electrons. The second-order valence-corrected chi connectivity index (χ2v) is 14.1. The number of carbonyl (C=O) groups excluding carboxylic acids is 2. The molecule has 0 aromatic carbocycles. The Bertz CT molecular complexity index is 863. The van der Waals surface area contributed by atoms with Crippen molar-refractivity contribution in [2.75, 3.05) is 26.4 Å². The summed E-state index contributed by atoms with van der Waals surface area (Å²) in [7, 11) is -4.61. The molecule has 0 amide bonds. The molecule has 0 aliphatic heterocycles. The van der Waals surface area contributed by atoms with E-state index in [1.165, 1.54) is 64.2 Å². The third-order valence-electron chi connectivity index (χ3n) is 7.86. The quantitative estimate of drug-likeness (QED) is 0.0252. The Hall–Kier alpha value is -1.55. The van der Waals surface area contributed by atoms with Crippen LogP contribution < -0.4 is 0 Å². The molecule has 0 saturated carbocycles. The van der Waals surface area contributed by atoms with Crippen LogP contribution in [0, 0.1) is 0 Å². The summed E-state index contributed by atoms with van der Waals surface area (Å²) in [6.07, 6.45) is 30.1. The van der Waals surface area contributed by atoms with Crippen LogP contribution >= 0.6 is 7.82 Å². The standard InChI is InChI=1S/C37H69O10P/c1-3-5-7-9-11-13-15-16-17-18-19-21-22-24-26-28-36(40)44-32-35(33-46-48(42,43)45-31-34(39)30-38)47-37(41)29-27-25-23-20-14-12-10-8-6-4-2/h11,13,16-17,34-35,38-39H,3-10,12,14-15,18-33H2,1-2H3,(H,42,43)/b13-11-,17-16-/t34-,35+/m0/s1. The first-order valence-electron chi connectivity index (χ1n) is 18.8. The van der Waals surface area contributed by atoms with Crippen LogP contribution in [0.4, 0.5) is 0 Å². The first-order chi connectivity index (χ1) is 23.2. The molecular formula is C37H69O10P. The molecule has 0 fully saturated rings. The highest BCUT2D eigenvalue weighted by Gasteiger charge is 2.27. The molecule has 0 saturated heterocycles. The van der Waals surface area contributed by atoms with Crippen LogP contribution in [0.5, 0.6) is 0 Å². The molecule has 3 atom stereocenters. The Morgan fingerprint density at radius 2 is 1.08 bits per heavy atom. The highest BCUT2D eigenvalue weighted by atomic mass is 31.2. The lowest BCUT2D eigenvalue weighted by atomic mass is 10.1. The van der Waals surface area contributed by atoms with Gasteiger partial charge in [-0.2, -0.15) is 0 Å². The molecule has 48 heavy (non-hydrogen) atoms. The smallest absolute Gasteiger partial charge is 0.462 e. The molecule has 0 aromatic rings. The predicted molar refractivity (Wildman–Crippen MR) is 191 cm³/mol. The Kier molecular flexibility index (Phi) is 32.8. The summed E-state index contributed by atoms with van der Waals surface area (Å²) >= 11 is 0. The predicted octanol–water partition coefficient (Wildman–Crippen LogP) is 9.05. The van der Waals surface area contributed by atoms with Gasteiger partial charge in [-0.3, -0.25) is 18.6 Å². The summed E-state index contributed by atoms with van der Waals surface area (Å²) in [4.78, 5) is 34.7. The monoisotopic (exact) mass is 704 g/mol. The van der Waals surface area contributed by atoms with Gasteiger partial charge in [-0.05, 0) is 44.9 Å². The number of hydrogen-bond acceptors (Lipinski definition) is 9. The van der Waals surface area contributed by atoms with Crippen LogP contribution in [0.1, 0.15) is 162 Å². The number of unbranched alkanes of at least 4 members (excludes halogenated alkanes) is 17. The number of allylic oxidation sites excluding steroid dienone is 4. The molecule has 0 spiro atoms. The fourth-order valence-electron chi connectivity index (χ4n) is 4.90. The first-order valence-corrected chi connectivity index (χ1v) is 20.3. The Morgan fingerprint density at radius 1 is 0.625 bits per heavy atom. The minimum Gasteiger partial charge on any atom is -0.462 e.